The number of aryl methyl sites for hydroxylation is 1. The Kier molecular flexibility index (Phi) is 4.29. The molecule has 1 atom stereocenters. The Hall–Kier alpha value is -2.01. The summed E-state index contributed by atoms with van der Waals surface area (Å²) in [7, 11) is 1.63. The fraction of sp³-hybridized carbons (Fsp3) is 0.400. The van der Waals surface area contributed by atoms with Crippen molar-refractivity contribution < 1.29 is 14.3 Å². The van der Waals surface area contributed by atoms with Gasteiger partial charge in [-0.15, -0.1) is 0 Å². The zero-order valence-corrected chi connectivity index (χ0v) is 12.0. The van der Waals surface area contributed by atoms with Crippen molar-refractivity contribution in [2.24, 2.45) is 5.73 Å². The van der Waals surface area contributed by atoms with Gasteiger partial charge in [0, 0.05) is 23.0 Å². The summed E-state index contributed by atoms with van der Waals surface area (Å²) < 4.78 is 10.2. The molecule has 0 aliphatic rings. The van der Waals surface area contributed by atoms with Crippen LogP contribution in [-0.2, 0) is 16.0 Å². The maximum atomic E-state index is 11.7. The zero-order valence-electron chi connectivity index (χ0n) is 12.0. The standard InChI is InChI=1S/C15H20N2O3/c1-4-20-15(18)13(16)8-11-9(2)17-14-6-5-10(19-3)7-12(11)14/h5-7,13,17H,4,8,16H2,1-3H3. The minimum atomic E-state index is -0.654. The molecule has 0 bridgehead atoms. The summed E-state index contributed by atoms with van der Waals surface area (Å²) in [5, 5.41) is 1.03. The van der Waals surface area contributed by atoms with Crippen LogP contribution in [0.3, 0.4) is 0 Å². The first-order valence-corrected chi connectivity index (χ1v) is 6.64. The number of hydrogen-bond donors (Lipinski definition) is 2. The molecule has 0 saturated heterocycles. The van der Waals surface area contributed by atoms with E-state index in [1.54, 1.807) is 14.0 Å². The van der Waals surface area contributed by atoms with Gasteiger partial charge in [-0.2, -0.15) is 0 Å². The molecule has 0 spiro atoms. The Morgan fingerprint density at radius 1 is 1.45 bits per heavy atom. The lowest BCUT2D eigenvalue weighted by Gasteiger charge is -2.11. The molecule has 1 unspecified atom stereocenters. The minimum absolute atomic E-state index is 0.340. The highest BCUT2D eigenvalue weighted by molar-refractivity contribution is 5.87. The number of nitrogens with one attached hydrogen (secondary N) is 1. The van der Waals surface area contributed by atoms with Crippen molar-refractivity contribution in [1.82, 2.24) is 4.98 Å². The first kappa shape index (κ1) is 14.4. The quantitative estimate of drug-likeness (QED) is 0.818. The smallest absolute Gasteiger partial charge is 0.323 e. The van der Waals surface area contributed by atoms with Crippen LogP contribution in [0.4, 0.5) is 0 Å². The van der Waals surface area contributed by atoms with Crippen LogP contribution >= 0.6 is 0 Å². The van der Waals surface area contributed by atoms with Crippen molar-refractivity contribution >= 4 is 16.9 Å². The first-order chi connectivity index (χ1) is 9.56. The van der Waals surface area contributed by atoms with Crippen molar-refractivity contribution in [2.75, 3.05) is 13.7 Å². The van der Waals surface area contributed by atoms with E-state index in [1.165, 1.54) is 0 Å². The molecule has 0 aliphatic carbocycles. The second-order valence-corrected chi connectivity index (χ2v) is 4.70. The van der Waals surface area contributed by atoms with Crippen LogP contribution in [0.5, 0.6) is 5.75 Å². The van der Waals surface area contributed by atoms with E-state index in [9.17, 15) is 4.79 Å². The van der Waals surface area contributed by atoms with Crippen molar-refractivity contribution in [3.63, 3.8) is 0 Å². The van der Waals surface area contributed by atoms with Crippen molar-refractivity contribution in [3.05, 3.63) is 29.5 Å². The molecule has 1 aromatic carbocycles. The van der Waals surface area contributed by atoms with Crippen molar-refractivity contribution in [3.8, 4) is 5.75 Å². The summed E-state index contributed by atoms with van der Waals surface area (Å²) in [5.41, 5.74) is 8.95. The van der Waals surface area contributed by atoms with Crippen LogP contribution in [-0.4, -0.2) is 30.7 Å². The third kappa shape index (κ3) is 2.77. The normalized spacial score (nSPS) is 12.4. The van der Waals surface area contributed by atoms with E-state index in [2.05, 4.69) is 4.98 Å². The maximum absolute atomic E-state index is 11.7. The third-order valence-electron chi connectivity index (χ3n) is 3.34. The van der Waals surface area contributed by atoms with Crippen molar-refractivity contribution in [2.45, 2.75) is 26.3 Å². The lowest BCUT2D eigenvalue weighted by atomic mass is 10.0. The summed E-state index contributed by atoms with van der Waals surface area (Å²) in [6, 6.07) is 5.15. The van der Waals surface area contributed by atoms with Gasteiger partial charge in [0.05, 0.1) is 13.7 Å². The monoisotopic (exact) mass is 276 g/mol. The highest BCUT2D eigenvalue weighted by Crippen LogP contribution is 2.27. The van der Waals surface area contributed by atoms with Gasteiger partial charge in [-0.05, 0) is 37.6 Å². The number of esters is 1. The van der Waals surface area contributed by atoms with E-state index in [4.69, 9.17) is 15.2 Å². The van der Waals surface area contributed by atoms with E-state index in [1.807, 2.05) is 25.1 Å². The molecule has 1 heterocycles. The average Bonchev–Trinajstić information content (AvgIpc) is 2.74. The fourth-order valence-corrected chi connectivity index (χ4v) is 2.30. The van der Waals surface area contributed by atoms with Crippen LogP contribution in [0.25, 0.3) is 10.9 Å². The molecule has 108 valence electrons. The highest BCUT2D eigenvalue weighted by atomic mass is 16.5. The number of aromatic nitrogens is 1. The molecule has 0 fully saturated rings. The van der Waals surface area contributed by atoms with Crippen molar-refractivity contribution in [1.29, 1.82) is 0 Å². The number of carbonyl (C=O) groups is 1. The molecular formula is C15H20N2O3. The number of carbonyl (C=O) groups excluding carboxylic acids is 1. The molecule has 0 saturated carbocycles. The second-order valence-electron chi connectivity index (χ2n) is 4.70. The van der Waals surface area contributed by atoms with Gasteiger partial charge in [-0.1, -0.05) is 0 Å². The molecule has 3 N–H and O–H groups in total. The summed E-state index contributed by atoms with van der Waals surface area (Å²) >= 11 is 0. The number of H-pyrrole nitrogens is 1. The summed E-state index contributed by atoms with van der Waals surface area (Å²) in [5.74, 6) is 0.409. The van der Waals surface area contributed by atoms with Gasteiger partial charge in [0.25, 0.3) is 0 Å². The van der Waals surface area contributed by atoms with Crippen LogP contribution in [0, 0.1) is 6.92 Å². The number of methoxy groups -OCH3 is 1. The van der Waals surface area contributed by atoms with Gasteiger partial charge in [-0.25, -0.2) is 0 Å². The molecule has 20 heavy (non-hydrogen) atoms. The number of ether oxygens (including phenoxy) is 2. The van der Waals surface area contributed by atoms with E-state index in [0.29, 0.717) is 13.0 Å². The van der Waals surface area contributed by atoms with Crippen LogP contribution in [0.15, 0.2) is 18.2 Å². The maximum Gasteiger partial charge on any atom is 0.323 e. The molecular weight excluding hydrogens is 256 g/mol. The van der Waals surface area contributed by atoms with E-state index >= 15 is 0 Å². The topological polar surface area (TPSA) is 77.3 Å². The lowest BCUT2D eigenvalue weighted by Crippen LogP contribution is -2.34. The number of fused-ring (bicyclic) bond motifs is 1. The Balaban J connectivity index is 2.33. The Bertz CT molecular complexity index is 619. The number of rotatable bonds is 5. The Labute approximate surface area is 118 Å². The Morgan fingerprint density at radius 2 is 2.20 bits per heavy atom. The van der Waals surface area contributed by atoms with E-state index in [0.717, 1.165) is 27.9 Å². The third-order valence-corrected chi connectivity index (χ3v) is 3.34. The van der Waals surface area contributed by atoms with Gasteiger partial charge >= 0.3 is 5.97 Å². The molecule has 2 rings (SSSR count). The molecule has 0 radical (unpaired) electrons. The average molecular weight is 276 g/mol. The van der Waals surface area contributed by atoms with Crippen LogP contribution in [0.2, 0.25) is 0 Å². The Morgan fingerprint density at radius 3 is 2.85 bits per heavy atom. The fourth-order valence-electron chi connectivity index (χ4n) is 2.30. The second kappa shape index (κ2) is 5.96. The van der Waals surface area contributed by atoms with Gasteiger partial charge in [0.2, 0.25) is 0 Å². The SMILES string of the molecule is CCOC(=O)C(N)Cc1c(C)[nH]c2ccc(OC)cc12. The first-order valence-electron chi connectivity index (χ1n) is 6.64. The molecule has 5 heteroatoms. The zero-order chi connectivity index (χ0) is 14.7. The molecule has 2 aromatic rings. The number of benzene rings is 1. The lowest BCUT2D eigenvalue weighted by molar-refractivity contribution is -0.144. The molecule has 0 amide bonds. The van der Waals surface area contributed by atoms with Gasteiger partial charge in [-0.3, -0.25) is 4.79 Å². The number of aromatic amines is 1. The van der Waals surface area contributed by atoms with Gasteiger partial charge in [0.15, 0.2) is 0 Å². The largest absolute Gasteiger partial charge is 0.497 e. The van der Waals surface area contributed by atoms with E-state index < -0.39 is 6.04 Å². The highest BCUT2D eigenvalue weighted by Gasteiger charge is 2.19. The number of hydrogen-bond acceptors (Lipinski definition) is 4. The van der Waals surface area contributed by atoms with E-state index in [-0.39, 0.29) is 5.97 Å². The summed E-state index contributed by atoms with van der Waals surface area (Å²) in [6.45, 7) is 4.08. The minimum Gasteiger partial charge on any atom is -0.497 e. The molecule has 1 aromatic heterocycles. The van der Waals surface area contributed by atoms with Crippen LogP contribution in [0.1, 0.15) is 18.2 Å². The molecule has 0 aliphatic heterocycles. The predicted molar refractivity (Wildman–Crippen MR) is 77.9 cm³/mol. The van der Waals surface area contributed by atoms with Crippen LogP contribution < -0.4 is 10.5 Å². The van der Waals surface area contributed by atoms with Gasteiger partial charge in [0.1, 0.15) is 11.8 Å². The summed E-state index contributed by atoms with van der Waals surface area (Å²) in [6.07, 6.45) is 0.442. The predicted octanol–water partition coefficient (Wildman–Crippen LogP) is 1.92. The number of nitrogens with two attached hydrogens (primary N) is 1. The molecule has 5 nitrogen and oxygen atoms in total. The van der Waals surface area contributed by atoms with Gasteiger partial charge < -0.3 is 20.2 Å². The summed E-state index contributed by atoms with van der Waals surface area (Å²) in [4.78, 5) is 14.9.